The molecule has 0 atom stereocenters. The molecule has 1 N–H and O–H groups in total. The molecule has 0 radical (unpaired) electrons. The van der Waals surface area contributed by atoms with Crippen LogP contribution in [0.3, 0.4) is 0 Å². The third-order valence-corrected chi connectivity index (χ3v) is 4.58. The Morgan fingerprint density at radius 2 is 1.96 bits per heavy atom. The van der Waals surface area contributed by atoms with Crippen LogP contribution < -0.4 is 0 Å². The third kappa shape index (κ3) is 3.77. The monoisotopic (exact) mass is 336 g/mol. The second-order valence-corrected chi connectivity index (χ2v) is 6.67. The second-order valence-electron chi connectivity index (χ2n) is 6.67. The largest absolute Gasteiger partial charge is 0.390 e. The number of alkyl halides is 2. The van der Waals surface area contributed by atoms with Crippen molar-refractivity contribution in [2.24, 2.45) is 5.92 Å². The molecule has 130 valence electrons. The maximum atomic E-state index is 13.3. The lowest BCUT2D eigenvalue weighted by atomic mass is 9.84. The van der Waals surface area contributed by atoms with Gasteiger partial charge in [-0.2, -0.15) is 5.10 Å². The highest BCUT2D eigenvalue weighted by molar-refractivity contribution is 5.23. The molecule has 2 aromatic rings. The smallest absolute Gasteiger partial charge is 0.250 e. The van der Waals surface area contributed by atoms with E-state index >= 15 is 0 Å². The van der Waals surface area contributed by atoms with Crippen LogP contribution in [0.25, 0.3) is 5.95 Å². The van der Waals surface area contributed by atoms with Gasteiger partial charge in [-0.3, -0.25) is 0 Å². The van der Waals surface area contributed by atoms with Gasteiger partial charge in [0, 0.05) is 30.4 Å². The van der Waals surface area contributed by atoms with Gasteiger partial charge in [0.2, 0.25) is 5.92 Å². The maximum absolute atomic E-state index is 13.3. The molecule has 1 aliphatic carbocycles. The van der Waals surface area contributed by atoms with E-state index in [0.29, 0.717) is 30.9 Å². The van der Waals surface area contributed by atoms with Gasteiger partial charge in [0.15, 0.2) is 0 Å². The van der Waals surface area contributed by atoms with Crippen molar-refractivity contribution in [2.45, 2.75) is 58.5 Å². The fraction of sp³-hybridized carbons (Fsp3) is 0.588. The van der Waals surface area contributed by atoms with Crippen molar-refractivity contribution in [1.29, 1.82) is 0 Å². The van der Waals surface area contributed by atoms with Gasteiger partial charge < -0.3 is 5.11 Å². The number of aryl methyl sites for hydroxylation is 2. The molecule has 0 aliphatic heterocycles. The SMILES string of the molecule is Cc1cc(CC2CCC(F)(F)CC2)nc(-n2cc(C)c(CO)n2)n1. The van der Waals surface area contributed by atoms with Crippen LogP contribution in [0.4, 0.5) is 8.78 Å². The van der Waals surface area contributed by atoms with Gasteiger partial charge in [-0.05, 0) is 50.7 Å². The summed E-state index contributed by atoms with van der Waals surface area (Å²) in [6, 6.07) is 1.90. The number of hydrogen-bond donors (Lipinski definition) is 1. The Morgan fingerprint density at radius 1 is 1.25 bits per heavy atom. The molecule has 7 heteroatoms. The molecule has 2 aromatic heterocycles. The molecule has 2 heterocycles. The number of aliphatic hydroxyl groups is 1. The van der Waals surface area contributed by atoms with Crippen molar-refractivity contribution in [3.05, 3.63) is 34.9 Å². The van der Waals surface area contributed by atoms with Crippen molar-refractivity contribution in [2.75, 3.05) is 0 Å². The zero-order chi connectivity index (χ0) is 17.3. The summed E-state index contributed by atoms with van der Waals surface area (Å²) in [6.45, 7) is 3.62. The molecule has 0 bridgehead atoms. The molecule has 3 rings (SSSR count). The normalized spacial score (nSPS) is 18.0. The first kappa shape index (κ1) is 17.0. The molecular formula is C17H22F2N4O. The van der Waals surface area contributed by atoms with Crippen LogP contribution in [0.2, 0.25) is 0 Å². The highest BCUT2D eigenvalue weighted by Gasteiger charge is 2.34. The van der Waals surface area contributed by atoms with E-state index in [1.807, 2.05) is 19.9 Å². The van der Waals surface area contributed by atoms with Gasteiger partial charge in [0.25, 0.3) is 5.95 Å². The van der Waals surface area contributed by atoms with Gasteiger partial charge in [-0.15, -0.1) is 0 Å². The van der Waals surface area contributed by atoms with Gasteiger partial charge in [0.1, 0.15) is 0 Å². The fourth-order valence-corrected chi connectivity index (χ4v) is 3.18. The van der Waals surface area contributed by atoms with Crippen molar-refractivity contribution >= 4 is 0 Å². The molecule has 0 unspecified atom stereocenters. The van der Waals surface area contributed by atoms with Gasteiger partial charge in [-0.1, -0.05) is 0 Å². The quantitative estimate of drug-likeness (QED) is 0.932. The van der Waals surface area contributed by atoms with E-state index in [1.165, 1.54) is 0 Å². The Hall–Kier alpha value is -1.89. The number of aliphatic hydroxyl groups excluding tert-OH is 1. The lowest BCUT2D eigenvalue weighted by molar-refractivity contribution is -0.0457. The zero-order valence-electron chi connectivity index (χ0n) is 14.0. The van der Waals surface area contributed by atoms with E-state index in [1.54, 1.807) is 10.9 Å². The average molecular weight is 336 g/mol. The summed E-state index contributed by atoms with van der Waals surface area (Å²) in [4.78, 5) is 8.94. The summed E-state index contributed by atoms with van der Waals surface area (Å²) in [5.74, 6) is -1.82. The van der Waals surface area contributed by atoms with Gasteiger partial charge in [0.05, 0.1) is 12.3 Å². The van der Waals surface area contributed by atoms with Crippen LogP contribution in [0.1, 0.15) is 48.3 Å². The Bertz CT molecular complexity index is 719. The van der Waals surface area contributed by atoms with Crippen LogP contribution in [0.5, 0.6) is 0 Å². The number of nitrogens with zero attached hydrogens (tertiary/aromatic N) is 4. The molecule has 24 heavy (non-hydrogen) atoms. The van der Waals surface area contributed by atoms with E-state index in [4.69, 9.17) is 0 Å². The first-order valence-electron chi connectivity index (χ1n) is 8.25. The third-order valence-electron chi connectivity index (χ3n) is 4.58. The summed E-state index contributed by atoms with van der Waals surface area (Å²) >= 11 is 0. The second kappa shape index (κ2) is 6.55. The fourth-order valence-electron chi connectivity index (χ4n) is 3.18. The predicted molar refractivity (Wildman–Crippen MR) is 85.2 cm³/mol. The number of aromatic nitrogens is 4. The van der Waals surface area contributed by atoms with E-state index < -0.39 is 5.92 Å². The summed E-state index contributed by atoms with van der Waals surface area (Å²) in [7, 11) is 0. The standard InChI is InChI=1S/C17H22F2N4O/c1-11-9-23(22-15(11)10-24)16-20-12(2)7-14(21-16)8-13-3-5-17(18,19)6-4-13/h7,9,13,24H,3-6,8,10H2,1-2H3. The van der Waals surface area contributed by atoms with Crippen LogP contribution in [-0.2, 0) is 13.0 Å². The molecule has 0 spiro atoms. The Kier molecular flexibility index (Phi) is 4.62. The molecule has 1 fully saturated rings. The lowest BCUT2D eigenvalue weighted by Gasteiger charge is -2.28. The van der Waals surface area contributed by atoms with E-state index in [2.05, 4.69) is 15.1 Å². The minimum atomic E-state index is -2.50. The Labute approximate surface area is 139 Å². The lowest BCUT2D eigenvalue weighted by Crippen LogP contribution is -2.25. The first-order valence-corrected chi connectivity index (χ1v) is 8.25. The summed E-state index contributed by atoms with van der Waals surface area (Å²) in [5.41, 5.74) is 3.14. The highest BCUT2D eigenvalue weighted by Crippen LogP contribution is 2.37. The maximum Gasteiger partial charge on any atom is 0.250 e. The van der Waals surface area contributed by atoms with Crippen molar-refractivity contribution in [3.63, 3.8) is 0 Å². The zero-order valence-corrected chi connectivity index (χ0v) is 14.0. The first-order chi connectivity index (χ1) is 11.4. The Morgan fingerprint density at radius 3 is 2.58 bits per heavy atom. The van der Waals surface area contributed by atoms with Gasteiger partial charge >= 0.3 is 0 Å². The summed E-state index contributed by atoms with van der Waals surface area (Å²) in [5, 5.41) is 13.6. The van der Waals surface area contributed by atoms with Crippen molar-refractivity contribution in [1.82, 2.24) is 19.7 Å². The summed E-state index contributed by atoms with van der Waals surface area (Å²) in [6.07, 6.45) is 3.45. The molecule has 1 aliphatic rings. The minimum absolute atomic E-state index is 0.0349. The molecule has 1 saturated carbocycles. The predicted octanol–water partition coefficient (Wildman–Crippen LogP) is 3.14. The average Bonchev–Trinajstić information content (AvgIpc) is 2.90. The molecule has 5 nitrogen and oxygen atoms in total. The number of rotatable bonds is 4. The Balaban J connectivity index is 1.79. The van der Waals surface area contributed by atoms with E-state index in [0.717, 1.165) is 17.0 Å². The number of halogens is 2. The highest BCUT2D eigenvalue weighted by atomic mass is 19.3. The van der Waals surface area contributed by atoms with Gasteiger partial charge in [-0.25, -0.2) is 23.4 Å². The van der Waals surface area contributed by atoms with E-state index in [9.17, 15) is 13.9 Å². The van der Waals surface area contributed by atoms with Crippen LogP contribution in [0.15, 0.2) is 12.3 Å². The molecule has 0 saturated heterocycles. The van der Waals surface area contributed by atoms with Crippen molar-refractivity contribution in [3.8, 4) is 5.95 Å². The van der Waals surface area contributed by atoms with Crippen LogP contribution in [0, 0.1) is 19.8 Å². The molecular weight excluding hydrogens is 314 g/mol. The van der Waals surface area contributed by atoms with E-state index in [-0.39, 0.29) is 25.4 Å². The topological polar surface area (TPSA) is 63.8 Å². The summed E-state index contributed by atoms with van der Waals surface area (Å²) < 4.78 is 28.1. The van der Waals surface area contributed by atoms with Crippen LogP contribution in [-0.4, -0.2) is 30.8 Å². The number of hydrogen-bond acceptors (Lipinski definition) is 4. The van der Waals surface area contributed by atoms with Crippen molar-refractivity contribution < 1.29 is 13.9 Å². The minimum Gasteiger partial charge on any atom is -0.390 e. The van der Waals surface area contributed by atoms with Crippen LogP contribution >= 0.6 is 0 Å². The molecule has 0 amide bonds. The molecule has 0 aromatic carbocycles.